The number of hydrogen-bond donors (Lipinski definition) is 2. The van der Waals surface area contributed by atoms with Gasteiger partial charge in [-0.05, 0) is 47.5 Å². The number of amides is 3. The average molecular weight is 426 g/mol. The number of carbonyl (C=O) groups is 3. The summed E-state index contributed by atoms with van der Waals surface area (Å²) in [7, 11) is 0. The summed E-state index contributed by atoms with van der Waals surface area (Å²) >= 11 is 0. The van der Waals surface area contributed by atoms with Gasteiger partial charge in [0.2, 0.25) is 11.8 Å². The van der Waals surface area contributed by atoms with Gasteiger partial charge in [-0.15, -0.1) is 0 Å². The third-order valence-electron chi connectivity index (χ3n) is 5.19. The van der Waals surface area contributed by atoms with E-state index >= 15 is 0 Å². The van der Waals surface area contributed by atoms with E-state index in [-0.39, 0.29) is 30.2 Å². The van der Waals surface area contributed by atoms with Crippen LogP contribution in [0.2, 0.25) is 0 Å². The molecule has 7 heteroatoms. The largest absolute Gasteiger partial charge is 0.326 e. The Morgan fingerprint density at radius 2 is 1.66 bits per heavy atom. The fourth-order valence-corrected chi connectivity index (χ4v) is 3.68. The monoisotopic (exact) mass is 426 g/mol. The summed E-state index contributed by atoms with van der Waals surface area (Å²) in [5, 5.41) is 5.68. The molecule has 7 nitrogen and oxygen atoms in total. The molecule has 0 saturated carbocycles. The van der Waals surface area contributed by atoms with Gasteiger partial charge in [0.25, 0.3) is 5.91 Å². The second kappa shape index (κ2) is 9.26. The molecule has 1 unspecified atom stereocenters. The quantitative estimate of drug-likeness (QED) is 0.639. The number of pyridine rings is 1. The maximum Gasteiger partial charge on any atom is 0.255 e. The zero-order chi connectivity index (χ0) is 22.5. The zero-order valence-corrected chi connectivity index (χ0v) is 17.5. The first-order valence-electron chi connectivity index (χ1n) is 10.2. The molecule has 0 radical (unpaired) electrons. The average Bonchev–Trinajstić information content (AvgIpc) is 2.80. The molecule has 0 bridgehead atoms. The van der Waals surface area contributed by atoms with Gasteiger partial charge in [-0.1, -0.05) is 30.3 Å². The smallest absolute Gasteiger partial charge is 0.255 e. The highest BCUT2D eigenvalue weighted by Gasteiger charge is 2.28. The summed E-state index contributed by atoms with van der Waals surface area (Å²) in [6.45, 7) is 1.48. The van der Waals surface area contributed by atoms with Crippen molar-refractivity contribution in [1.29, 1.82) is 0 Å². The van der Waals surface area contributed by atoms with Crippen LogP contribution in [0.1, 0.15) is 40.9 Å². The third kappa shape index (κ3) is 4.73. The first-order valence-corrected chi connectivity index (χ1v) is 10.2. The second-order valence-electron chi connectivity index (χ2n) is 7.41. The number of benzene rings is 2. The molecule has 3 aromatic rings. The van der Waals surface area contributed by atoms with Crippen LogP contribution in [0.5, 0.6) is 0 Å². The van der Waals surface area contributed by atoms with Gasteiger partial charge in [0, 0.05) is 42.5 Å². The minimum absolute atomic E-state index is 0.106. The van der Waals surface area contributed by atoms with Crippen molar-refractivity contribution in [2.75, 3.05) is 10.6 Å². The Morgan fingerprint density at radius 1 is 0.938 bits per heavy atom. The number of nitrogens with zero attached hydrogens (tertiary/aromatic N) is 2. The number of hydrogen-bond acceptors (Lipinski definition) is 4. The molecular formula is C25H22N4O3. The molecule has 32 heavy (non-hydrogen) atoms. The normalized spacial score (nSPS) is 14.4. The lowest BCUT2D eigenvalue weighted by atomic mass is 9.93. The molecule has 1 aliphatic rings. The third-order valence-corrected chi connectivity index (χ3v) is 5.19. The number of rotatable bonds is 5. The van der Waals surface area contributed by atoms with Crippen molar-refractivity contribution in [3.63, 3.8) is 0 Å². The number of anilines is 2. The Bertz CT molecular complexity index is 1190. The van der Waals surface area contributed by atoms with Crippen LogP contribution in [0.4, 0.5) is 11.4 Å². The van der Waals surface area contributed by atoms with Gasteiger partial charge in [0.15, 0.2) is 0 Å². The predicted octanol–water partition coefficient (Wildman–Crippen LogP) is 4.24. The minimum atomic E-state index is -0.386. The molecule has 1 aliphatic heterocycles. The number of fused-ring (bicyclic) bond motifs is 1. The zero-order valence-electron chi connectivity index (χ0n) is 17.5. The van der Waals surface area contributed by atoms with E-state index in [2.05, 4.69) is 15.6 Å². The van der Waals surface area contributed by atoms with Crippen molar-refractivity contribution >= 4 is 35.2 Å². The fraction of sp³-hybridized carbons (Fsp3) is 0.120. The van der Waals surface area contributed by atoms with E-state index in [1.54, 1.807) is 59.9 Å². The van der Waals surface area contributed by atoms with Gasteiger partial charge in [0.1, 0.15) is 0 Å². The Labute approximate surface area is 185 Å². The van der Waals surface area contributed by atoms with Crippen molar-refractivity contribution in [3.8, 4) is 0 Å². The minimum Gasteiger partial charge on any atom is -0.326 e. The topological polar surface area (TPSA) is 91.4 Å². The SMILES string of the molecule is CC(=O)N1C=Cc2ccccc2C1CC(=O)Nc1cccc(NC(=O)c2ccncc2)c1. The summed E-state index contributed by atoms with van der Waals surface area (Å²) in [5.41, 5.74) is 3.52. The van der Waals surface area contributed by atoms with Crippen LogP contribution in [0, 0.1) is 0 Å². The van der Waals surface area contributed by atoms with Gasteiger partial charge in [-0.25, -0.2) is 0 Å². The first kappa shape index (κ1) is 21.0. The van der Waals surface area contributed by atoms with Gasteiger partial charge in [-0.3, -0.25) is 19.4 Å². The highest BCUT2D eigenvalue weighted by molar-refractivity contribution is 6.04. The molecule has 2 aromatic carbocycles. The van der Waals surface area contributed by atoms with E-state index in [0.29, 0.717) is 16.9 Å². The molecule has 4 rings (SSSR count). The summed E-state index contributed by atoms with van der Waals surface area (Å²) in [4.78, 5) is 42.8. The molecule has 160 valence electrons. The van der Waals surface area contributed by atoms with Crippen molar-refractivity contribution in [1.82, 2.24) is 9.88 Å². The molecule has 3 amide bonds. The van der Waals surface area contributed by atoms with Crippen molar-refractivity contribution in [3.05, 3.63) is 95.9 Å². The van der Waals surface area contributed by atoms with Crippen LogP contribution in [0.3, 0.4) is 0 Å². The van der Waals surface area contributed by atoms with Gasteiger partial charge >= 0.3 is 0 Å². The van der Waals surface area contributed by atoms with E-state index in [1.165, 1.54) is 6.92 Å². The van der Waals surface area contributed by atoms with Gasteiger partial charge in [0.05, 0.1) is 12.5 Å². The molecule has 0 saturated heterocycles. The number of carbonyl (C=O) groups excluding carboxylic acids is 3. The maximum atomic E-state index is 12.8. The Balaban J connectivity index is 1.46. The van der Waals surface area contributed by atoms with E-state index in [0.717, 1.165) is 11.1 Å². The van der Waals surface area contributed by atoms with E-state index in [1.807, 2.05) is 30.3 Å². The first-order chi connectivity index (χ1) is 15.5. The van der Waals surface area contributed by atoms with Crippen molar-refractivity contribution in [2.24, 2.45) is 0 Å². The van der Waals surface area contributed by atoms with Gasteiger partial charge in [-0.2, -0.15) is 0 Å². The number of nitrogens with one attached hydrogen (secondary N) is 2. The molecule has 1 atom stereocenters. The van der Waals surface area contributed by atoms with Crippen LogP contribution in [0.25, 0.3) is 6.08 Å². The summed E-state index contributed by atoms with van der Waals surface area (Å²) in [6, 6.07) is 17.5. The van der Waals surface area contributed by atoms with Crippen molar-refractivity contribution in [2.45, 2.75) is 19.4 Å². The van der Waals surface area contributed by atoms with Gasteiger partial charge < -0.3 is 15.5 Å². The summed E-state index contributed by atoms with van der Waals surface area (Å²) < 4.78 is 0. The molecule has 0 spiro atoms. The molecule has 1 aromatic heterocycles. The number of aromatic nitrogens is 1. The summed E-state index contributed by atoms with van der Waals surface area (Å²) in [6.07, 6.45) is 6.80. The van der Waals surface area contributed by atoms with Crippen LogP contribution in [-0.4, -0.2) is 27.6 Å². The van der Waals surface area contributed by atoms with E-state index in [9.17, 15) is 14.4 Å². The maximum absolute atomic E-state index is 12.8. The highest BCUT2D eigenvalue weighted by atomic mass is 16.2. The fourth-order valence-electron chi connectivity index (χ4n) is 3.68. The summed E-state index contributed by atoms with van der Waals surface area (Å²) in [5.74, 6) is -0.628. The van der Waals surface area contributed by atoms with Crippen LogP contribution in [0.15, 0.2) is 79.3 Å². The van der Waals surface area contributed by atoms with Crippen molar-refractivity contribution < 1.29 is 14.4 Å². The van der Waals surface area contributed by atoms with E-state index < -0.39 is 0 Å². The Kier molecular flexibility index (Phi) is 6.07. The van der Waals surface area contributed by atoms with E-state index in [4.69, 9.17) is 0 Å². The van der Waals surface area contributed by atoms with Crippen LogP contribution < -0.4 is 10.6 Å². The highest BCUT2D eigenvalue weighted by Crippen LogP contribution is 2.33. The molecular weight excluding hydrogens is 404 g/mol. The molecule has 0 aliphatic carbocycles. The lowest BCUT2D eigenvalue weighted by Gasteiger charge is -2.32. The molecule has 2 N–H and O–H groups in total. The Hall–Kier alpha value is -4.26. The lowest BCUT2D eigenvalue weighted by molar-refractivity contribution is -0.129. The molecule has 2 heterocycles. The molecule has 0 fully saturated rings. The predicted molar refractivity (Wildman–Crippen MR) is 123 cm³/mol. The standard InChI is InChI=1S/C25H22N4O3/c1-17(30)29-14-11-18-5-2-3-8-22(18)23(29)16-24(31)27-20-6-4-7-21(15-20)28-25(32)19-9-12-26-13-10-19/h2-15,23H,16H2,1H3,(H,27,31)(H,28,32). The van der Waals surface area contributed by atoms with Crippen LogP contribution >= 0.6 is 0 Å². The van der Waals surface area contributed by atoms with Crippen LogP contribution in [-0.2, 0) is 9.59 Å². The Morgan fingerprint density at radius 3 is 2.41 bits per heavy atom. The lowest BCUT2D eigenvalue weighted by Crippen LogP contribution is -2.33. The second-order valence-corrected chi connectivity index (χ2v) is 7.41.